The quantitative estimate of drug-likeness (QED) is 0.362. The van der Waals surface area contributed by atoms with Gasteiger partial charge in [-0.25, -0.2) is 9.18 Å². The summed E-state index contributed by atoms with van der Waals surface area (Å²) in [6.07, 6.45) is 1.19. The normalized spacial score (nSPS) is 11.2. The number of carbonyl (C=O) groups is 1. The summed E-state index contributed by atoms with van der Waals surface area (Å²) in [6.45, 7) is 3.82. The van der Waals surface area contributed by atoms with Crippen molar-refractivity contribution in [3.8, 4) is 5.75 Å². The lowest BCUT2D eigenvalue weighted by Gasteiger charge is -2.09. The fourth-order valence-electron chi connectivity index (χ4n) is 1.24. The Kier molecular flexibility index (Phi) is 5.85. The van der Waals surface area contributed by atoms with Crippen molar-refractivity contribution in [3.63, 3.8) is 0 Å². The molecule has 3 nitrogen and oxygen atoms in total. The third-order valence-electron chi connectivity index (χ3n) is 2.02. The van der Waals surface area contributed by atoms with Crippen LogP contribution in [0.25, 0.3) is 0 Å². The molecular weight excluding hydrogens is 303 g/mol. The second kappa shape index (κ2) is 7.16. The Morgan fingerprint density at radius 1 is 1.50 bits per heavy atom. The van der Waals surface area contributed by atoms with Gasteiger partial charge >= 0.3 is 5.97 Å². The van der Waals surface area contributed by atoms with E-state index in [1.54, 1.807) is 19.1 Å². The molecule has 0 saturated heterocycles. The molecule has 0 aliphatic carbocycles. The van der Waals surface area contributed by atoms with E-state index in [2.05, 4.69) is 15.9 Å². The van der Waals surface area contributed by atoms with Gasteiger partial charge in [0.25, 0.3) is 0 Å². The zero-order chi connectivity index (χ0) is 13.5. The molecule has 0 bridgehead atoms. The minimum absolute atomic E-state index is 0.0880. The summed E-state index contributed by atoms with van der Waals surface area (Å²) in [5, 5.41) is 0.291. The highest BCUT2D eigenvalue weighted by Crippen LogP contribution is 2.21. The zero-order valence-corrected chi connectivity index (χ0v) is 11.8. The number of aryl methyl sites for hydroxylation is 1. The Bertz CT molecular complexity index is 458. The number of ether oxygens (including phenoxy) is 2. The monoisotopic (exact) mass is 316 g/mol. The molecule has 0 unspecified atom stereocenters. The number of hydrogen-bond acceptors (Lipinski definition) is 3. The largest absolute Gasteiger partial charge is 0.463 e. The van der Waals surface area contributed by atoms with Gasteiger partial charge in [-0.2, -0.15) is 0 Å². The first-order valence-electron chi connectivity index (χ1n) is 5.44. The Balaban J connectivity index is 2.85. The molecule has 1 rings (SSSR count). The molecule has 1 aromatic carbocycles. The van der Waals surface area contributed by atoms with E-state index in [9.17, 15) is 9.18 Å². The standard InChI is InChI=1S/C13H14BrFO3/c1-3-17-13(16)7-10(8-14)18-12-6-9(2)4-5-11(12)15/h4-7H,3,8H2,1-2H3/b10-7-. The average Bonchev–Trinajstić information content (AvgIpc) is 2.33. The minimum Gasteiger partial charge on any atom is -0.463 e. The zero-order valence-electron chi connectivity index (χ0n) is 10.2. The van der Waals surface area contributed by atoms with Gasteiger partial charge in [-0.05, 0) is 31.5 Å². The second-order valence-corrected chi connectivity index (χ2v) is 4.09. The molecule has 0 atom stereocenters. The fourth-order valence-corrected chi connectivity index (χ4v) is 1.52. The fraction of sp³-hybridized carbons (Fsp3) is 0.308. The molecule has 0 amide bonds. The number of hydrogen-bond donors (Lipinski definition) is 0. The Morgan fingerprint density at radius 3 is 2.83 bits per heavy atom. The number of carbonyl (C=O) groups excluding carboxylic acids is 1. The molecular formula is C13H14BrFO3. The van der Waals surface area contributed by atoms with E-state index >= 15 is 0 Å². The highest BCUT2D eigenvalue weighted by molar-refractivity contribution is 9.09. The van der Waals surface area contributed by atoms with Gasteiger partial charge in [0.1, 0.15) is 5.76 Å². The first-order chi connectivity index (χ1) is 8.56. The van der Waals surface area contributed by atoms with Crippen molar-refractivity contribution in [2.45, 2.75) is 13.8 Å². The number of benzene rings is 1. The summed E-state index contributed by atoms with van der Waals surface area (Å²) in [5.74, 6) is -0.612. The van der Waals surface area contributed by atoms with Crippen LogP contribution >= 0.6 is 15.9 Å². The molecule has 18 heavy (non-hydrogen) atoms. The van der Waals surface area contributed by atoms with Crippen molar-refractivity contribution in [3.05, 3.63) is 41.4 Å². The van der Waals surface area contributed by atoms with Gasteiger partial charge in [0, 0.05) is 0 Å². The van der Waals surface area contributed by atoms with Crippen molar-refractivity contribution in [1.29, 1.82) is 0 Å². The molecule has 0 aliphatic rings. The van der Waals surface area contributed by atoms with E-state index in [1.807, 2.05) is 6.92 Å². The van der Waals surface area contributed by atoms with Crippen LogP contribution in [0.4, 0.5) is 4.39 Å². The highest BCUT2D eigenvalue weighted by atomic mass is 79.9. The van der Waals surface area contributed by atoms with E-state index in [0.717, 1.165) is 5.56 Å². The number of alkyl halides is 1. The van der Waals surface area contributed by atoms with Crippen LogP contribution in [-0.4, -0.2) is 17.9 Å². The van der Waals surface area contributed by atoms with Crippen molar-refractivity contribution in [1.82, 2.24) is 0 Å². The number of allylic oxidation sites excluding steroid dienone is 1. The van der Waals surface area contributed by atoms with E-state index in [1.165, 1.54) is 12.1 Å². The lowest BCUT2D eigenvalue weighted by atomic mass is 10.2. The Morgan fingerprint density at radius 2 is 2.22 bits per heavy atom. The van der Waals surface area contributed by atoms with E-state index in [0.29, 0.717) is 5.33 Å². The molecule has 0 fully saturated rings. The molecule has 0 saturated carbocycles. The maximum Gasteiger partial charge on any atom is 0.334 e. The van der Waals surface area contributed by atoms with E-state index in [4.69, 9.17) is 9.47 Å². The first kappa shape index (κ1) is 14.7. The topological polar surface area (TPSA) is 35.5 Å². The summed E-state index contributed by atoms with van der Waals surface area (Å²) in [6, 6.07) is 4.53. The second-order valence-electron chi connectivity index (χ2n) is 3.53. The number of halogens is 2. The van der Waals surface area contributed by atoms with Gasteiger partial charge in [0.05, 0.1) is 18.0 Å². The van der Waals surface area contributed by atoms with Crippen LogP contribution in [-0.2, 0) is 9.53 Å². The molecule has 1 aromatic rings. The van der Waals surface area contributed by atoms with Crippen molar-refractivity contribution in [2.24, 2.45) is 0 Å². The summed E-state index contributed by atoms with van der Waals surface area (Å²) in [7, 11) is 0. The molecule has 0 spiro atoms. The number of esters is 1. The van der Waals surface area contributed by atoms with Crippen LogP contribution in [0.2, 0.25) is 0 Å². The van der Waals surface area contributed by atoms with Crippen LogP contribution in [0, 0.1) is 12.7 Å². The van der Waals surface area contributed by atoms with Crippen LogP contribution in [0.15, 0.2) is 30.0 Å². The SMILES string of the molecule is CCOC(=O)/C=C(/CBr)Oc1cc(C)ccc1F. The third kappa shape index (κ3) is 4.49. The minimum atomic E-state index is -0.514. The smallest absolute Gasteiger partial charge is 0.334 e. The van der Waals surface area contributed by atoms with Gasteiger partial charge in [-0.3, -0.25) is 0 Å². The van der Waals surface area contributed by atoms with Crippen LogP contribution in [0.1, 0.15) is 12.5 Å². The predicted molar refractivity (Wildman–Crippen MR) is 70.3 cm³/mol. The maximum atomic E-state index is 13.5. The summed E-state index contributed by atoms with van der Waals surface area (Å²) >= 11 is 3.17. The van der Waals surface area contributed by atoms with Crippen LogP contribution in [0.5, 0.6) is 5.75 Å². The first-order valence-corrected chi connectivity index (χ1v) is 6.56. The molecule has 0 aliphatic heterocycles. The number of rotatable bonds is 5. The van der Waals surface area contributed by atoms with Gasteiger partial charge in [0.2, 0.25) is 0 Å². The van der Waals surface area contributed by atoms with Gasteiger partial charge < -0.3 is 9.47 Å². The Labute approximate surface area is 114 Å². The summed E-state index contributed by atoms with van der Waals surface area (Å²) in [5.41, 5.74) is 0.872. The van der Waals surface area contributed by atoms with Gasteiger partial charge in [-0.1, -0.05) is 22.0 Å². The van der Waals surface area contributed by atoms with E-state index in [-0.39, 0.29) is 18.1 Å². The van der Waals surface area contributed by atoms with Crippen molar-refractivity contribution < 1.29 is 18.7 Å². The lowest BCUT2D eigenvalue weighted by Crippen LogP contribution is -2.06. The molecule has 0 aromatic heterocycles. The summed E-state index contributed by atoms with van der Waals surface area (Å²) < 4.78 is 23.6. The molecule has 0 N–H and O–H groups in total. The molecule has 5 heteroatoms. The lowest BCUT2D eigenvalue weighted by molar-refractivity contribution is -0.137. The van der Waals surface area contributed by atoms with Crippen molar-refractivity contribution >= 4 is 21.9 Å². The van der Waals surface area contributed by atoms with Gasteiger partial charge in [0.15, 0.2) is 11.6 Å². The predicted octanol–water partition coefficient (Wildman–Crippen LogP) is 3.35. The van der Waals surface area contributed by atoms with Crippen LogP contribution < -0.4 is 4.74 Å². The summed E-state index contributed by atoms with van der Waals surface area (Å²) in [4.78, 5) is 11.3. The molecule has 0 radical (unpaired) electrons. The average molecular weight is 317 g/mol. The van der Waals surface area contributed by atoms with Gasteiger partial charge in [-0.15, -0.1) is 0 Å². The van der Waals surface area contributed by atoms with Crippen molar-refractivity contribution in [2.75, 3.05) is 11.9 Å². The Hall–Kier alpha value is -1.36. The van der Waals surface area contributed by atoms with Crippen LogP contribution in [0.3, 0.4) is 0 Å². The molecule has 0 heterocycles. The highest BCUT2D eigenvalue weighted by Gasteiger charge is 2.08. The third-order valence-corrected chi connectivity index (χ3v) is 2.58. The molecule has 98 valence electrons. The maximum absolute atomic E-state index is 13.5. The van der Waals surface area contributed by atoms with E-state index < -0.39 is 11.8 Å².